The lowest BCUT2D eigenvalue weighted by Gasteiger charge is -2.14. The monoisotopic (exact) mass is 372 g/mol. The maximum absolute atomic E-state index is 12.2. The smallest absolute Gasteiger partial charge is 0.242 e. The average Bonchev–Trinajstić information content (AvgIpc) is 2.47. The largest absolute Gasteiger partial charge is 0.325 e. The van der Waals surface area contributed by atoms with Crippen LogP contribution in [-0.2, 0) is 14.8 Å². The molecule has 0 heterocycles. The summed E-state index contributed by atoms with van der Waals surface area (Å²) in [7, 11) is -3.82. The minimum Gasteiger partial charge on any atom is -0.325 e. The van der Waals surface area contributed by atoms with Gasteiger partial charge in [-0.15, -0.1) is 0 Å². The zero-order valence-electron chi connectivity index (χ0n) is 12.1. The zero-order valence-corrected chi connectivity index (χ0v) is 14.4. The van der Waals surface area contributed by atoms with Crippen LogP contribution in [-0.4, -0.2) is 20.4 Å². The molecule has 2 rings (SSSR count). The standard InChI is InChI=1S/C15H14Cl2N2O3S/c1-10(15(20)18-13-4-2-3-12(17)9-13)19-23(21,22)14-7-5-11(16)6-8-14/h2-10,19H,1H3,(H,18,20)/t10-/m1/s1. The highest BCUT2D eigenvalue weighted by Crippen LogP contribution is 2.16. The van der Waals surface area contributed by atoms with Gasteiger partial charge in [0.2, 0.25) is 15.9 Å². The SMILES string of the molecule is C[C@@H](NS(=O)(=O)c1ccc(Cl)cc1)C(=O)Nc1cccc(Cl)c1. The van der Waals surface area contributed by atoms with Gasteiger partial charge in [-0.05, 0) is 49.4 Å². The van der Waals surface area contributed by atoms with Crippen molar-refractivity contribution in [2.24, 2.45) is 0 Å². The molecule has 0 bridgehead atoms. The molecule has 0 aliphatic heterocycles. The van der Waals surface area contributed by atoms with Gasteiger partial charge in [0.05, 0.1) is 10.9 Å². The van der Waals surface area contributed by atoms with Crippen LogP contribution in [0.4, 0.5) is 5.69 Å². The quantitative estimate of drug-likeness (QED) is 0.845. The summed E-state index contributed by atoms with van der Waals surface area (Å²) >= 11 is 11.6. The Morgan fingerprint density at radius 3 is 2.30 bits per heavy atom. The van der Waals surface area contributed by atoms with Crippen molar-refractivity contribution in [3.63, 3.8) is 0 Å². The number of anilines is 1. The Morgan fingerprint density at radius 1 is 1.04 bits per heavy atom. The summed E-state index contributed by atoms with van der Waals surface area (Å²) in [5.41, 5.74) is 0.486. The van der Waals surface area contributed by atoms with Crippen LogP contribution in [0.3, 0.4) is 0 Å². The van der Waals surface area contributed by atoms with Gasteiger partial charge >= 0.3 is 0 Å². The van der Waals surface area contributed by atoms with Gasteiger partial charge in [0.1, 0.15) is 0 Å². The van der Waals surface area contributed by atoms with E-state index in [0.29, 0.717) is 15.7 Å². The summed E-state index contributed by atoms with van der Waals surface area (Å²) < 4.78 is 26.7. The van der Waals surface area contributed by atoms with Gasteiger partial charge in [0.15, 0.2) is 0 Å². The molecule has 0 saturated heterocycles. The van der Waals surface area contributed by atoms with Crippen LogP contribution >= 0.6 is 23.2 Å². The first kappa shape index (κ1) is 17.7. The molecule has 1 amide bonds. The topological polar surface area (TPSA) is 75.3 Å². The van der Waals surface area contributed by atoms with E-state index in [0.717, 1.165) is 0 Å². The lowest BCUT2D eigenvalue weighted by molar-refractivity contribution is -0.117. The van der Waals surface area contributed by atoms with Crippen molar-refractivity contribution in [1.82, 2.24) is 4.72 Å². The summed E-state index contributed by atoms with van der Waals surface area (Å²) in [5.74, 6) is -0.496. The molecule has 8 heteroatoms. The second-order valence-corrected chi connectivity index (χ2v) is 7.38. The first-order chi connectivity index (χ1) is 10.8. The molecule has 122 valence electrons. The fourth-order valence-corrected chi connectivity index (χ4v) is 3.30. The van der Waals surface area contributed by atoms with Crippen molar-refractivity contribution in [1.29, 1.82) is 0 Å². The molecular weight excluding hydrogens is 359 g/mol. The number of carbonyl (C=O) groups is 1. The number of rotatable bonds is 5. The lowest BCUT2D eigenvalue weighted by atomic mass is 10.3. The number of hydrogen-bond donors (Lipinski definition) is 2. The van der Waals surface area contributed by atoms with E-state index in [2.05, 4.69) is 10.0 Å². The van der Waals surface area contributed by atoms with Crippen LogP contribution in [0.25, 0.3) is 0 Å². The highest BCUT2D eigenvalue weighted by atomic mass is 35.5. The molecule has 0 saturated carbocycles. The summed E-state index contributed by atoms with van der Waals surface area (Å²) in [6, 6.07) is 11.3. The molecule has 1 atom stereocenters. The van der Waals surface area contributed by atoms with Crippen LogP contribution in [0, 0.1) is 0 Å². The number of amides is 1. The molecule has 2 N–H and O–H groups in total. The fraction of sp³-hybridized carbons (Fsp3) is 0.133. The second kappa shape index (κ2) is 7.31. The molecule has 2 aromatic carbocycles. The summed E-state index contributed by atoms with van der Waals surface area (Å²) in [4.78, 5) is 12.1. The molecule has 2 aromatic rings. The molecule has 0 aliphatic carbocycles. The molecule has 0 fully saturated rings. The summed E-state index contributed by atoms with van der Waals surface area (Å²) in [6.07, 6.45) is 0. The Hall–Kier alpha value is -1.60. The van der Waals surface area contributed by atoms with E-state index in [-0.39, 0.29) is 4.90 Å². The molecule has 0 aliphatic rings. The van der Waals surface area contributed by atoms with Crippen molar-refractivity contribution in [3.05, 3.63) is 58.6 Å². The van der Waals surface area contributed by atoms with E-state index in [1.807, 2.05) is 0 Å². The Balaban J connectivity index is 2.06. The van der Waals surface area contributed by atoms with E-state index < -0.39 is 22.0 Å². The van der Waals surface area contributed by atoms with E-state index in [4.69, 9.17) is 23.2 Å². The lowest BCUT2D eigenvalue weighted by Crippen LogP contribution is -2.41. The van der Waals surface area contributed by atoms with Crippen LogP contribution in [0.15, 0.2) is 53.4 Å². The van der Waals surface area contributed by atoms with Gasteiger partial charge in [-0.2, -0.15) is 4.72 Å². The summed E-state index contributed by atoms with van der Waals surface area (Å²) in [5, 5.41) is 3.49. The van der Waals surface area contributed by atoms with E-state index >= 15 is 0 Å². The highest BCUT2D eigenvalue weighted by Gasteiger charge is 2.22. The van der Waals surface area contributed by atoms with Crippen LogP contribution in [0.1, 0.15) is 6.92 Å². The van der Waals surface area contributed by atoms with Gasteiger partial charge in [0.25, 0.3) is 0 Å². The fourth-order valence-electron chi connectivity index (χ4n) is 1.78. The molecule has 0 spiro atoms. The molecule has 0 radical (unpaired) electrons. The third kappa shape index (κ3) is 4.94. The number of sulfonamides is 1. The number of carbonyl (C=O) groups excluding carboxylic acids is 1. The number of nitrogens with one attached hydrogen (secondary N) is 2. The molecule has 5 nitrogen and oxygen atoms in total. The number of hydrogen-bond acceptors (Lipinski definition) is 3. The molecule has 0 aromatic heterocycles. The van der Waals surface area contributed by atoms with Gasteiger partial charge in [-0.25, -0.2) is 8.42 Å². The van der Waals surface area contributed by atoms with Crippen molar-refractivity contribution < 1.29 is 13.2 Å². The van der Waals surface area contributed by atoms with E-state index in [1.54, 1.807) is 24.3 Å². The first-order valence-corrected chi connectivity index (χ1v) is 8.86. The third-order valence-corrected chi connectivity index (χ3v) is 4.99. The minimum absolute atomic E-state index is 0.0318. The minimum atomic E-state index is -3.82. The average molecular weight is 373 g/mol. The van der Waals surface area contributed by atoms with Gasteiger partial charge in [-0.3, -0.25) is 4.79 Å². The maximum Gasteiger partial charge on any atom is 0.242 e. The highest BCUT2D eigenvalue weighted by molar-refractivity contribution is 7.89. The van der Waals surface area contributed by atoms with Crippen molar-refractivity contribution >= 4 is 44.8 Å². The van der Waals surface area contributed by atoms with Crippen molar-refractivity contribution in [3.8, 4) is 0 Å². The third-order valence-electron chi connectivity index (χ3n) is 2.94. The normalized spacial score (nSPS) is 12.7. The Bertz CT molecular complexity index is 808. The van der Waals surface area contributed by atoms with Crippen LogP contribution in [0.2, 0.25) is 10.0 Å². The van der Waals surface area contributed by atoms with E-state index in [9.17, 15) is 13.2 Å². The molecule has 23 heavy (non-hydrogen) atoms. The second-order valence-electron chi connectivity index (χ2n) is 4.80. The molecular formula is C15H14Cl2N2O3S. The van der Waals surface area contributed by atoms with Gasteiger partial charge in [0, 0.05) is 15.7 Å². The zero-order chi connectivity index (χ0) is 17.0. The summed E-state index contributed by atoms with van der Waals surface area (Å²) in [6.45, 7) is 1.45. The Kier molecular flexibility index (Phi) is 5.64. The van der Waals surface area contributed by atoms with Crippen LogP contribution in [0.5, 0.6) is 0 Å². The van der Waals surface area contributed by atoms with E-state index in [1.165, 1.54) is 31.2 Å². The van der Waals surface area contributed by atoms with Crippen LogP contribution < -0.4 is 10.0 Å². The Labute approximate surface area is 144 Å². The predicted octanol–water partition coefficient (Wildman–Crippen LogP) is 3.30. The molecule has 0 unspecified atom stereocenters. The van der Waals surface area contributed by atoms with Gasteiger partial charge < -0.3 is 5.32 Å². The number of halogens is 2. The van der Waals surface area contributed by atoms with Gasteiger partial charge in [-0.1, -0.05) is 29.3 Å². The first-order valence-electron chi connectivity index (χ1n) is 6.62. The van der Waals surface area contributed by atoms with Crippen molar-refractivity contribution in [2.45, 2.75) is 17.9 Å². The Morgan fingerprint density at radius 2 is 1.70 bits per heavy atom. The number of benzene rings is 2. The van der Waals surface area contributed by atoms with Crippen molar-refractivity contribution in [2.75, 3.05) is 5.32 Å². The maximum atomic E-state index is 12.2. The predicted molar refractivity (Wildman–Crippen MR) is 91.3 cm³/mol.